The first-order chi connectivity index (χ1) is 7.93. The van der Waals surface area contributed by atoms with Crippen LogP contribution in [0.5, 0.6) is 0 Å². The van der Waals surface area contributed by atoms with Crippen LogP contribution in [0.15, 0.2) is 12.1 Å². The Bertz CT molecular complexity index is 390. The van der Waals surface area contributed by atoms with E-state index in [-0.39, 0.29) is 11.5 Å². The number of aliphatic hydroxyl groups excluding tert-OH is 1. The first kappa shape index (κ1) is 14.1. The number of thiophene rings is 1. The van der Waals surface area contributed by atoms with Crippen LogP contribution in [0.1, 0.15) is 29.7 Å². The van der Waals surface area contributed by atoms with Crippen LogP contribution in [0.3, 0.4) is 0 Å². The zero-order valence-corrected chi connectivity index (χ0v) is 10.4. The Morgan fingerprint density at radius 3 is 2.65 bits per heavy atom. The number of hydrogen-bond donors (Lipinski definition) is 1. The number of esters is 1. The van der Waals surface area contributed by atoms with Crippen molar-refractivity contribution in [2.75, 3.05) is 6.61 Å². The van der Waals surface area contributed by atoms with Crippen molar-refractivity contribution < 1.29 is 23.4 Å². The van der Waals surface area contributed by atoms with E-state index in [4.69, 9.17) is 0 Å². The zero-order valence-electron chi connectivity index (χ0n) is 9.57. The fourth-order valence-electron chi connectivity index (χ4n) is 1.25. The third-order valence-corrected chi connectivity index (χ3v) is 3.47. The molecule has 3 nitrogen and oxygen atoms in total. The van der Waals surface area contributed by atoms with Crippen molar-refractivity contribution in [1.82, 2.24) is 0 Å². The molecule has 0 spiro atoms. The van der Waals surface area contributed by atoms with Crippen molar-refractivity contribution in [2.24, 2.45) is 0 Å². The Kier molecular flexibility index (Phi) is 4.59. The number of carbonyl (C=O) groups is 1. The number of hydrogen-bond acceptors (Lipinski definition) is 4. The number of rotatable bonds is 5. The number of aryl methyl sites for hydroxylation is 1. The molecule has 1 N–H and O–H groups in total. The topological polar surface area (TPSA) is 46.5 Å². The smallest absolute Gasteiger partial charge is 0.380 e. The van der Waals surface area contributed by atoms with Crippen molar-refractivity contribution in [2.45, 2.75) is 32.3 Å². The molecule has 1 aromatic rings. The van der Waals surface area contributed by atoms with Crippen molar-refractivity contribution in [3.05, 3.63) is 21.9 Å². The molecule has 1 aromatic heterocycles. The molecule has 96 valence electrons. The Morgan fingerprint density at radius 1 is 1.53 bits per heavy atom. The molecule has 0 bridgehead atoms. The lowest BCUT2D eigenvalue weighted by Gasteiger charge is -2.19. The highest BCUT2D eigenvalue weighted by Gasteiger charge is 2.49. The molecule has 1 unspecified atom stereocenters. The van der Waals surface area contributed by atoms with Crippen LogP contribution in [0.25, 0.3) is 0 Å². The highest BCUT2D eigenvalue weighted by atomic mass is 32.1. The third kappa shape index (κ3) is 3.01. The van der Waals surface area contributed by atoms with Crippen LogP contribution in [0.4, 0.5) is 8.78 Å². The molecule has 17 heavy (non-hydrogen) atoms. The fraction of sp³-hybridized carbons (Fsp3) is 0.545. The average Bonchev–Trinajstić information content (AvgIpc) is 2.76. The summed E-state index contributed by atoms with van der Waals surface area (Å²) in [5, 5.41) is 9.51. The average molecular weight is 264 g/mol. The maximum absolute atomic E-state index is 13.5. The molecular formula is C11H14F2O3S. The van der Waals surface area contributed by atoms with Crippen molar-refractivity contribution in [3.8, 4) is 0 Å². The van der Waals surface area contributed by atoms with Gasteiger partial charge in [-0.15, -0.1) is 11.3 Å². The molecule has 0 aromatic carbocycles. The van der Waals surface area contributed by atoms with E-state index in [1.54, 1.807) is 6.07 Å². The summed E-state index contributed by atoms with van der Waals surface area (Å²) in [6.45, 7) is 3.16. The summed E-state index contributed by atoms with van der Waals surface area (Å²) in [5.74, 6) is -5.61. The molecule has 6 heteroatoms. The van der Waals surface area contributed by atoms with E-state index in [0.717, 1.165) is 16.2 Å². The Labute approximate surface area is 102 Å². The van der Waals surface area contributed by atoms with E-state index < -0.39 is 18.0 Å². The van der Waals surface area contributed by atoms with Gasteiger partial charge in [-0.3, -0.25) is 0 Å². The fourth-order valence-corrected chi connectivity index (χ4v) is 2.23. The summed E-state index contributed by atoms with van der Waals surface area (Å²) >= 11 is 1.07. The molecule has 0 aliphatic carbocycles. The molecule has 0 saturated heterocycles. The highest BCUT2D eigenvalue weighted by Crippen LogP contribution is 2.36. The minimum atomic E-state index is -3.91. The second-order valence-corrected chi connectivity index (χ2v) is 4.60. The highest BCUT2D eigenvalue weighted by molar-refractivity contribution is 7.12. The predicted molar refractivity (Wildman–Crippen MR) is 60.2 cm³/mol. The van der Waals surface area contributed by atoms with E-state index in [2.05, 4.69) is 4.74 Å². The minimum Gasteiger partial charge on any atom is -0.461 e. The lowest BCUT2D eigenvalue weighted by molar-refractivity contribution is -0.188. The summed E-state index contributed by atoms with van der Waals surface area (Å²) < 4.78 is 31.2. The van der Waals surface area contributed by atoms with Crippen molar-refractivity contribution in [1.29, 1.82) is 0 Å². The summed E-state index contributed by atoms with van der Waals surface area (Å²) in [6, 6.07) is 3.06. The van der Waals surface area contributed by atoms with Gasteiger partial charge in [0.05, 0.1) is 6.61 Å². The van der Waals surface area contributed by atoms with Gasteiger partial charge in [0.15, 0.2) is 6.10 Å². The summed E-state index contributed by atoms with van der Waals surface area (Å²) in [7, 11) is 0. The summed E-state index contributed by atoms with van der Waals surface area (Å²) in [5.41, 5.74) is 0. The van der Waals surface area contributed by atoms with Gasteiger partial charge < -0.3 is 9.84 Å². The van der Waals surface area contributed by atoms with Gasteiger partial charge in [-0.2, -0.15) is 8.78 Å². The van der Waals surface area contributed by atoms with Crippen molar-refractivity contribution >= 4 is 17.3 Å². The maximum atomic E-state index is 13.5. The van der Waals surface area contributed by atoms with Crippen LogP contribution < -0.4 is 0 Å². The van der Waals surface area contributed by atoms with Gasteiger partial charge in [0.25, 0.3) is 0 Å². The molecule has 1 rings (SSSR count). The molecule has 0 radical (unpaired) electrons. The monoisotopic (exact) mass is 264 g/mol. The van der Waals surface area contributed by atoms with E-state index in [1.807, 2.05) is 6.92 Å². The second-order valence-electron chi connectivity index (χ2n) is 3.40. The van der Waals surface area contributed by atoms with Gasteiger partial charge in [0.2, 0.25) is 0 Å². The molecule has 1 heterocycles. The predicted octanol–water partition coefficient (Wildman–Crippen LogP) is 2.54. The number of halogens is 2. The van der Waals surface area contributed by atoms with Crippen LogP contribution in [0.2, 0.25) is 0 Å². The number of aliphatic hydroxyl groups is 1. The van der Waals surface area contributed by atoms with Gasteiger partial charge >= 0.3 is 11.9 Å². The van der Waals surface area contributed by atoms with Gasteiger partial charge in [0, 0.05) is 9.75 Å². The SMILES string of the molecule is CCOC(=O)C(F)(F)C(O)c1ccc(CC)s1. The van der Waals surface area contributed by atoms with Crippen LogP contribution >= 0.6 is 11.3 Å². The lowest BCUT2D eigenvalue weighted by Crippen LogP contribution is -2.37. The van der Waals surface area contributed by atoms with Crippen LogP contribution in [-0.4, -0.2) is 23.6 Å². The van der Waals surface area contributed by atoms with Gasteiger partial charge in [0.1, 0.15) is 0 Å². The van der Waals surface area contributed by atoms with Gasteiger partial charge in [-0.1, -0.05) is 6.92 Å². The van der Waals surface area contributed by atoms with E-state index in [0.29, 0.717) is 6.42 Å². The van der Waals surface area contributed by atoms with Crippen molar-refractivity contribution in [3.63, 3.8) is 0 Å². The summed E-state index contributed by atoms with van der Waals surface area (Å²) in [6.07, 6.45) is -1.45. The maximum Gasteiger partial charge on any atom is 0.380 e. The Hall–Kier alpha value is -1.01. The first-order valence-electron chi connectivity index (χ1n) is 5.25. The van der Waals surface area contributed by atoms with Crippen LogP contribution in [0, 0.1) is 0 Å². The zero-order chi connectivity index (χ0) is 13.1. The normalized spacial score (nSPS) is 13.5. The molecule has 0 fully saturated rings. The van der Waals surface area contributed by atoms with E-state index in [1.165, 1.54) is 13.0 Å². The quantitative estimate of drug-likeness (QED) is 0.831. The van der Waals surface area contributed by atoms with E-state index in [9.17, 15) is 18.7 Å². The Balaban J connectivity index is 2.87. The number of alkyl halides is 2. The second kappa shape index (κ2) is 5.55. The van der Waals surface area contributed by atoms with Gasteiger partial charge in [-0.25, -0.2) is 4.79 Å². The number of carbonyl (C=O) groups excluding carboxylic acids is 1. The molecule has 0 saturated carbocycles. The minimum absolute atomic E-state index is 0.0694. The molecule has 0 aliphatic heterocycles. The molecule has 1 atom stereocenters. The standard InChI is InChI=1S/C11H14F2O3S/c1-3-7-5-6-8(17-7)9(14)11(12,13)10(15)16-4-2/h5-6,9,14H,3-4H2,1-2H3. The Morgan fingerprint density at radius 2 is 2.18 bits per heavy atom. The molecule has 0 aliphatic rings. The molecule has 0 amide bonds. The molecular weight excluding hydrogens is 250 g/mol. The third-order valence-electron chi connectivity index (χ3n) is 2.19. The summed E-state index contributed by atoms with van der Waals surface area (Å²) in [4.78, 5) is 12.0. The first-order valence-corrected chi connectivity index (χ1v) is 6.06. The number of ether oxygens (including phenoxy) is 1. The largest absolute Gasteiger partial charge is 0.461 e. The van der Waals surface area contributed by atoms with Crippen LogP contribution in [-0.2, 0) is 16.0 Å². The van der Waals surface area contributed by atoms with Gasteiger partial charge in [-0.05, 0) is 25.5 Å². The lowest BCUT2D eigenvalue weighted by atomic mass is 10.1. The van der Waals surface area contributed by atoms with E-state index >= 15 is 0 Å².